The largest absolute Gasteiger partial charge is 0.394 e. The van der Waals surface area contributed by atoms with Crippen molar-refractivity contribution in [3.63, 3.8) is 0 Å². The highest BCUT2D eigenvalue weighted by Crippen LogP contribution is 2.01. The third-order valence-electron chi connectivity index (χ3n) is 3.64. The van der Waals surface area contributed by atoms with Gasteiger partial charge in [0.05, 0.1) is 92.5 Å². The fourth-order valence-corrected chi connectivity index (χ4v) is 2.33. The number of rotatable bonds is 26. The van der Waals surface area contributed by atoms with Crippen LogP contribution in [-0.4, -0.2) is 110 Å². The second-order valence-corrected chi connectivity index (χ2v) is 6.49. The molecule has 0 heterocycles. The number of hydrogen-bond donors (Lipinski definition) is 1. The summed E-state index contributed by atoms with van der Waals surface area (Å²) in [6, 6.07) is 0. The summed E-state index contributed by atoms with van der Waals surface area (Å²) in [7, 11) is 0. The highest BCUT2D eigenvalue weighted by Gasteiger charge is 1.95. The van der Waals surface area contributed by atoms with Gasteiger partial charge in [-0.3, -0.25) is 0 Å². The Morgan fingerprint density at radius 1 is 0.379 bits per heavy atom. The summed E-state index contributed by atoms with van der Waals surface area (Å²) in [5, 5.41) is 8.53. The van der Waals surface area contributed by atoms with Crippen molar-refractivity contribution in [1.82, 2.24) is 0 Å². The maximum Gasteiger partial charge on any atom is 0.0701 e. The van der Waals surface area contributed by atoms with Crippen LogP contribution in [0.2, 0.25) is 0 Å². The Hall–Kier alpha value is -0.0300. The van der Waals surface area contributed by atoms with Gasteiger partial charge in [-0.1, -0.05) is 12.8 Å². The van der Waals surface area contributed by atoms with Gasteiger partial charge in [0.2, 0.25) is 0 Å². The average molecular weight is 445 g/mol. The summed E-state index contributed by atoms with van der Waals surface area (Å²) >= 11 is 5.62. The molecule has 0 saturated heterocycles. The van der Waals surface area contributed by atoms with Crippen molar-refractivity contribution in [3.8, 4) is 0 Å². The zero-order chi connectivity index (χ0) is 21.1. The van der Waals surface area contributed by atoms with E-state index in [-0.39, 0.29) is 6.61 Å². The van der Waals surface area contributed by atoms with Gasteiger partial charge in [0.15, 0.2) is 0 Å². The van der Waals surface area contributed by atoms with Crippen molar-refractivity contribution in [2.24, 2.45) is 0 Å². The summed E-state index contributed by atoms with van der Waals surface area (Å²) in [4.78, 5) is 0. The fourth-order valence-electron chi connectivity index (χ4n) is 2.14. The van der Waals surface area contributed by atoms with Crippen LogP contribution in [0.3, 0.4) is 0 Å². The van der Waals surface area contributed by atoms with Crippen LogP contribution in [0.5, 0.6) is 0 Å². The molecule has 0 amide bonds. The topological polar surface area (TPSA) is 84.8 Å². The van der Waals surface area contributed by atoms with Gasteiger partial charge in [0.25, 0.3) is 0 Å². The van der Waals surface area contributed by atoms with E-state index in [1.807, 2.05) is 0 Å². The van der Waals surface area contributed by atoms with Crippen molar-refractivity contribution in [1.29, 1.82) is 0 Å². The Balaban J connectivity index is 2.97. The van der Waals surface area contributed by atoms with Crippen LogP contribution in [0.15, 0.2) is 0 Å². The minimum atomic E-state index is 0.0357. The maximum atomic E-state index is 8.53. The normalized spacial score (nSPS) is 11.4. The van der Waals surface area contributed by atoms with Gasteiger partial charge < -0.3 is 38.3 Å². The molecule has 0 aliphatic carbocycles. The first-order chi connectivity index (χ1) is 14.4. The van der Waals surface area contributed by atoms with Crippen LogP contribution >= 0.6 is 11.6 Å². The molecular formula is C20H41ClO8. The highest BCUT2D eigenvalue weighted by molar-refractivity contribution is 6.17. The molecule has 0 bridgehead atoms. The van der Waals surface area contributed by atoms with Gasteiger partial charge in [-0.15, -0.1) is 11.6 Å². The van der Waals surface area contributed by atoms with Gasteiger partial charge >= 0.3 is 0 Å². The Kier molecular flexibility index (Phi) is 27.9. The molecule has 0 aromatic heterocycles. The van der Waals surface area contributed by atoms with Crippen molar-refractivity contribution < 1.29 is 38.3 Å². The number of ether oxygens (including phenoxy) is 7. The quantitative estimate of drug-likeness (QED) is 0.160. The third kappa shape index (κ3) is 28.0. The van der Waals surface area contributed by atoms with Crippen molar-refractivity contribution in [3.05, 3.63) is 0 Å². The summed E-state index contributed by atoms with van der Waals surface area (Å²) in [6.07, 6.45) is 4.52. The maximum absolute atomic E-state index is 8.53. The predicted molar refractivity (Wildman–Crippen MR) is 112 cm³/mol. The van der Waals surface area contributed by atoms with E-state index in [0.29, 0.717) is 85.9 Å². The lowest BCUT2D eigenvalue weighted by molar-refractivity contribution is -0.0215. The molecule has 0 aliphatic heterocycles. The Morgan fingerprint density at radius 2 is 0.690 bits per heavy atom. The second kappa shape index (κ2) is 28.0. The van der Waals surface area contributed by atoms with E-state index in [4.69, 9.17) is 49.9 Å². The Labute approximate surface area is 181 Å². The number of aliphatic hydroxyl groups excluding tert-OH is 1. The average Bonchev–Trinajstić information content (AvgIpc) is 2.74. The SMILES string of the molecule is OCCOCCOCCOCCOCCOCCOCCOCCCCCCCl. The van der Waals surface area contributed by atoms with Crippen LogP contribution in [-0.2, 0) is 33.2 Å². The summed E-state index contributed by atoms with van der Waals surface area (Å²) < 4.78 is 37.5. The zero-order valence-corrected chi connectivity index (χ0v) is 18.6. The van der Waals surface area contributed by atoms with Crippen molar-refractivity contribution in [2.75, 3.05) is 105 Å². The third-order valence-corrected chi connectivity index (χ3v) is 3.91. The molecule has 0 atom stereocenters. The minimum Gasteiger partial charge on any atom is -0.394 e. The number of hydrogen-bond acceptors (Lipinski definition) is 8. The van der Waals surface area contributed by atoms with Gasteiger partial charge in [-0.2, -0.15) is 0 Å². The van der Waals surface area contributed by atoms with E-state index in [1.165, 1.54) is 12.8 Å². The lowest BCUT2D eigenvalue weighted by Crippen LogP contribution is -2.14. The fraction of sp³-hybridized carbons (Fsp3) is 1.00. The van der Waals surface area contributed by atoms with Gasteiger partial charge in [0.1, 0.15) is 0 Å². The lowest BCUT2D eigenvalue weighted by atomic mass is 10.2. The molecule has 0 aliphatic rings. The standard InChI is InChI=1S/C20H41ClO8/c21-5-3-1-2-4-7-23-9-11-25-13-15-27-17-19-29-20-18-28-16-14-26-12-10-24-8-6-22/h22H,1-20H2. The summed E-state index contributed by atoms with van der Waals surface area (Å²) in [5.74, 6) is 0.748. The molecule has 0 rings (SSSR count). The summed E-state index contributed by atoms with van der Waals surface area (Å²) in [5.41, 5.74) is 0. The number of alkyl halides is 1. The Morgan fingerprint density at radius 3 is 1.03 bits per heavy atom. The van der Waals surface area contributed by atoms with E-state index in [2.05, 4.69) is 0 Å². The van der Waals surface area contributed by atoms with Crippen LogP contribution in [0, 0.1) is 0 Å². The highest BCUT2D eigenvalue weighted by atomic mass is 35.5. The number of halogens is 1. The molecule has 1 N–H and O–H groups in total. The predicted octanol–water partition coefficient (Wildman–Crippen LogP) is 1.89. The first-order valence-electron chi connectivity index (χ1n) is 10.6. The molecule has 176 valence electrons. The molecule has 0 saturated carbocycles. The Bertz CT molecular complexity index is 261. The lowest BCUT2D eigenvalue weighted by Gasteiger charge is -2.08. The van der Waals surface area contributed by atoms with Gasteiger partial charge in [0, 0.05) is 12.5 Å². The van der Waals surface area contributed by atoms with Crippen LogP contribution in [0.4, 0.5) is 0 Å². The number of aliphatic hydroxyl groups is 1. The van der Waals surface area contributed by atoms with E-state index in [1.54, 1.807) is 0 Å². The molecule has 29 heavy (non-hydrogen) atoms. The summed E-state index contributed by atoms with van der Waals surface area (Å²) in [6.45, 7) is 7.67. The van der Waals surface area contributed by atoms with Crippen LogP contribution < -0.4 is 0 Å². The molecule has 9 heteroatoms. The minimum absolute atomic E-state index is 0.0357. The van der Waals surface area contributed by atoms with Gasteiger partial charge in [-0.05, 0) is 12.8 Å². The van der Waals surface area contributed by atoms with Gasteiger partial charge in [-0.25, -0.2) is 0 Å². The molecule has 8 nitrogen and oxygen atoms in total. The van der Waals surface area contributed by atoms with E-state index < -0.39 is 0 Å². The van der Waals surface area contributed by atoms with E-state index >= 15 is 0 Å². The second-order valence-electron chi connectivity index (χ2n) is 6.11. The van der Waals surface area contributed by atoms with Crippen molar-refractivity contribution >= 4 is 11.6 Å². The molecule has 0 unspecified atom stereocenters. The molecule has 0 radical (unpaired) electrons. The zero-order valence-electron chi connectivity index (χ0n) is 17.8. The first-order valence-corrected chi connectivity index (χ1v) is 11.2. The first kappa shape index (κ1) is 29.0. The molecule has 0 aromatic carbocycles. The van der Waals surface area contributed by atoms with Crippen LogP contribution in [0.25, 0.3) is 0 Å². The molecule has 0 aromatic rings. The molecule has 0 spiro atoms. The number of unbranched alkanes of at least 4 members (excludes halogenated alkanes) is 3. The van der Waals surface area contributed by atoms with E-state index in [0.717, 1.165) is 25.3 Å². The molecular weight excluding hydrogens is 404 g/mol. The van der Waals surface area contributed by atoms with E-state index in [9.17, 15) is 0 Å². The van der Waals surface area contributed by atoms with Crippen LogP contribution in [0.1, 0.15) is 25.7 Å². The monoisotopic (exact) mass is 444 g/mol. The molecule has 0 fully saturated rings. The van der Waals surface area contributed by atoms with Crippen molar-refractivity contribution in [2.45, 2.75) is 25.7 Å². The smallest absolute Gasteiger partial charge is 0.0701 e.